The maximum atomic E-state index is 11.9. The van der Waals surface area contributed by atoms with Gasteiger partial charge in [-0.3, -0.25) is 4.79 Å². The molecule has 2 aromatic rings. The Kier molecular flexibility index (Phi) is 3.97. The van der Waals surface area contributed by atoms with E-state index in [4.69, 9.17) is 4.52 Å². The van der Waals surface area contributed by atoms with E-state index in [0.717, 1.165) is 11.3 Å². The molecule has 0 aliphatic heterocycles. The molecule has 0 saturated carbocycles. The molecule has 0 radical (unpaired) electrons. The Balaban J connectivity index is 2.13. The van der Waals surface area contributed by atoms with E-state index in [2.05, 4.69) is 22.7 Å². The fourth-order valence-corrected chi connectivity index (χ4v) is 1.72. The highest BCUT2D eigenvalue weighted by Crippen LogP contribution is 2.17. The standard InChI is InChI=1S/C14H17N3O2/c1-9-7-13(17-19-9)14(18)16-12-6-4-5-11(8-12)10(2)15-3/h4-8,10,15H,1-3H3,(H,16,18). The first kappa shape index (κ1) is 13.3. The molecule has 0 saturated heterocycles. The van der Waals surface area contributed by atoms with Crippen LogP contribution in [0.1, 0.15) is 34.8 Å². The van der Waals surface area contributed by atoms with Crippen LogP contribution in [0.5, 0.6) is 0 Å². The summed E-state index contributed by atoms with van der Waals surface area (Å²) in [5, 5.41) is 9.64. The van der Waals surface area contributed by atoms with Crippen LogP contribution < -0.4 is 10.6 Å². The number of aromatic nitrogens is 1. The molecule has 5 nitrogen and oxygen atoms in total. The minimum Gasteiger partial charge on any atom is -0.361 e. The molecular weight excluding hydrogens is 242 g/mol. The van der Waals surface area contributed by atoms with E-state index < -0.39 is 0 Å². The molecule has 1 unspecified atom stereocenters. The molecule has 0 spiro atoms. The number of amides is 1. The average molecular weight is 259 g/mol. The highest BCUT2D eigenvalue weighted by atomic mass is 16.5. The summed E-state index contributed by atoms with van der Waals surface area (Å²) < 4.78 is 4.88. The van der Waals surface area contributed by atoms with Crippen molar-refractivity contribution in [1.82, 2.24) is 10.5 Å². The third kappa shape index (κ3) is 3.20. The van der Waals surface area contributed by atoms with Gasteiger partial charge < -0.3 is 15.2 Å². The molecule has 1 aromatic heterocycles. The molecule has 1 amide bonds. The number of rotatable bonds is 4. The van der Waals surface area contributed by atoms with Gasteiger partial charge in [0.05, 0.1) is 0 Å². The lowest BCUT2D eigenvalue weighted by Gasteiger charge is -2.12. The Morgan fingerprint density at radius 1 is 1.37 bits per heavy atom. The Bertz CT molecular complexity index is 578. The monoisotopic (exact) mass is 259 g/mol. The van der Waals surface area contributed by atoms with Gasteiger partial charge in [0.25, 0.3) is 5.91 Å². The first-order valence-electron chi connectivity index (χ1n) is 6.12. The molecule has 1 aromatic carbocycles. The molecule has 0 fully saturated rings. The van der Waals surface area contributed by atoms with Crippen molar-refractivity contribution in [3.63, 3.8) is 0 Å². The van der Waals surface area contributed by atoms with Crippen molar-refractivity contribution in [3.05, 3.63) is 47.3 Å². The Labute approximate surface area is 112 Å². The fourth-order valence-electron chi connectivity index (χ4n) is 1.72. The predicted molar refractivity (Wildman–Crippen MR) is 73.1 cm³/mol. The minimum atomic E-state index is -0.272. The molecule has 5 heteroatoms. The van der Waals surface area contributed by atoms with Gasteiger partial charge in [0.15, 0.2) is 5.69 Å². The zero-order valence-corrected chi connectivity index (χ0v) is 11.2. The number of aryl methyl sites for hydroxylation is 1. The number of hydrogen-bond donors (Lipinski definition) is 2. The van der Waals surface area contributed by atoms with Crippen molar-refractivity contribution in [2.24, 2.45) is 0 Å². The number of carbonyl (C=O) groups is 1. The quantitative estimate of drug-likeness (QED) is 0.885. The largest absolute Gasteiger partial charge is 0.361 e. The van der Waals surface area contributed by atoms with Gasteiger partial charge in [-0.25, -0.2) is 0 Å². The average Bonchev–Trinajstić information content (AvgIpc) is 2.85. The molecule has 100 valence electrons. The van der Waals surface area contributed by atoms with Crippen LogP contribution in [0.25, 0.3) is 0 Å². The molecule has 19 heavy (non-hydrogen) atoms. The molecular formula is C14H17N3O2. The summed E-state index contributed by atoms with van der Waals surface area (Å²) in [5.41, 5.74) is 2.13. The molecule has 1 atom stereocenters. The molecule has 0 aliphatic carbocycles. The van der Waals surface area contributed by atoms with Crippen molar-refractivity contribution in [1.29, 1.82) is 0 Å². The number of nitrogens with zero attached hydrogens (tertiary/aromatic N) is 1. The first-order valence-corrected chi connectivity index (χ1v) is 6.12. The van der Waals surface area contributed by atoms with E-state index in [0.29, 0.717) is 5.76 Å². The van der Waals surface area contributed by atoms with Gasteiger partial charge in [0.1, 0.15) is 5.76 Å². The summed E-state index contributed by atoms with van der Waals surface area (Å²) in [4.78, 5) is 11.9. The van der Waals surface area contributed by atoms with Gasteiger partial charge in [-0.05, 0) is 38.6 Å². The van der Waals surface area contributed by atoms with E-state index in [1.165, 1.54) is 0 Å². The van der Waals surface area contributed by atoms with Gasteiger partial charge in [0.2, 0.25) is 0 Å². The summed E-state index contributed by atoms with van der Waals surface area (Å²) in [6.45, 7) is 3.81. The highest BCUT2D eigenvalue weighted by Gasteiger charge is 2.11. The van der Waals surface area contributed by atoms with Gasteiger partial charge in [-0.2, -0.15) is 0 Å². The number of nitrogens with one attached hydrogen (secondary N) is 2. The van der Waals surface area contributed by atoms with Gasteiger partial charge >= 0.3 is 0 Å². The summed E-state index contributed by atoms with van der Waals surface area (Å²) in [6, 6.07) is 9.54. The Hall–Kier alpha value is -2.14. The van der Waals surface area contributed by atoms with Crippen LogP contribution >= 0.6 is 0 Å². The van der Waals surface area contributed by atoms with Crippen LogP contribution in [-0.2, 0) is 0 Å². The van der Waals surface area contributed by atoms with Crippen LogP contribution in [-0.4, -0.2) is 18.1 Å². The SMILES string of the molecule is CNC(C)c1cccc(NC(=O)c2cc(C)on2)c1. The molecule has 0 aliphatic rings. The second-order valence-corrected chi connectivity index (χ2v) is 4.41. The lowest BCUT2D eigenvalue weighted by Crippen LogP contribution is -2.14. The van der Waals surface area contributed by atoms with Gasteiger partial charge in [0, 0.05) is 17.8 Å². The van der Waals surface area contributed by atoms with Crippen LogP contribution in [0, 0.1) is 6.92 Å². The van der Waals surface area contributed by atoms with E-state index in [1.54, 1.807) is 13.0 Å². The van der Waals surface area contributed by atoms with Gasteiger partial charge in [-0.15, -0.1) is 0 Å². The van der Waals surface area contributed by atoms with E-state index >= 15 is 0 Å². The van der Waals surface area contributed by atoms with Crippen molar-refractivity contribution >= 4 is 11.6 Å². The molecule has 2 N–H and O–H groups in total. The van der Waals surface area contributed by atoms with Crippen molar-refractivity contribution in [2.45, 2.75) is 19.9 Å². The van der Waals surface area contributed by atoms with Crippen LogP contribution in [0.2, 0.25) is 0 Å². The third-order valence-corrected chi connectivity index (χ3v) is 2.94. The van der Waals surface area contributed by atoms with Crippen molar-refractivity contribution in [2.75, 3.05) is 12.4 Å². The van der Waals surface area contributed by atoms with Crippen LogP contribution in [0.4, 0.5) is 5.69 Å². The number of hydrogen-bond acceptors (Lipinski definition) is 4. The maximum Gasteiger partial charge on any atom is 0.277 e. The smallest absolute Gasteiger partial charge is 0.277 e. The maximum absolute atomic E-state index is 11.9. The van der Waals surface area contributed by atoms with Crippen LogP contribution in [0.15, 0.2) is 34.9 Å². The highest BCUT2D eigenvalue weighted by molar-refractivity contribution is 6.02. The molecule has 2 rings (SSSR count). The van der Waals surface area contributed by atoms with Crippen molar-refractivity contribution in [3.8, 4) is 0 Å². The van der Waals surface area contributed by atoms with Gasteiger partial charge in [-0.1, -0.05) is 17.3 Å². The fraction of sp³-hybridized carbons (Fsp3) is 0.286. The lowest BCUT2D eigenvalue weighted by atomic mass is 10.1. The van der Waals surface area contributed by atoms with E-state index in [-0.39, 0.29) is 17.6 Å². The zero-order chi connectivity index (χ0) is 13.8. The Morgan fingerprint density at radius 2 is 2.16 bits per heavy atom. The van der Waals surface area contributed by atoms with Crippen molar-refractivity contribution < 1.29 is 9.32 Å². The third-order valence-electron chi connectivity index (χ3n) is 2.94. The predicted octanol–water partition coefficient (Wildman–Crippen LogP) is 2.52. The second kappa shape index (κ2) is 5.67. The van der Waals surface area contributed by atoms with E-state index in [1.807, 2.05) is 31.3 Å². The second-order valence-electron chi connectivity index (χ2n) is 4.41. The topological polar surface area (TPSA) is 67.2 Å². The lowest BCUT2D eigenvalue weighted by molar-refractivity contribution is 0.101. The number of anilines is 1. The number of carbonyl (C=O) groups excluding carboxylic acids is 1. The first-order chi connectivity index (χ1) is 9.10. The molecule has 0 bridgehead atoms. The normalized spacial score (nSPS) is 12.2. The summed E-state index contributed by atoms with van der Waals surface area (Å²) >= 11 is 0. The minimum absolute atomic E-state index is 0.228. The summed E-state index contributed by atoms with van der Waals surface area (Å²) in [6.07, 6.45) is 0. The number of benzene rings is 1. The van der Waals surface area contributed by atoms with Crippen LogP contribution in [0.3, 0.4) is 0 Å². The Morgan fingerprint density at radius 3 is 2.79 bits per heavy atom. The summed E-state index contributed by atoms with van der Waals surface area (Å²) in [5.74, 6) is 0.341. The summed E-state index contributed by atoms with van der Waals surface area (Å²) in [7, 11) is 1.90. The molecule has 1 heterocycles. The zero-order valence-electron chi connectivity index (χ0n) is 11.2. The van der Waals surface area contributed by atoms with E-state index in [9.17, 15) is 4.79 Å².